The Morgan fingerprint density at radius 2 is 1.90 bits per heavy atom. The monoisotopic (exact) mass is 436 g/mol. The Bertz CT molecular complexity index is 691. The van der Waals surface area contributed by atoms with Crippen molar-refractivity contribution >= 4 is 23.6 Å². The maximum Gasteiger partial charge on any atom is 0.262 e. The highest BCUT2D eigenvalue weighted by atomic mass is 32.2. The largest absolute Gasteiger partial charge is 0.490 e. The van der Waals surface area contributed by atoms with Crippen molar-refractivity contribution in [3.63, 3.8) is 0 Å². The Morgan fingerprint density at radius 1 is 1.23 bits per heavy atom. The molecule has 3 rings (SSSR count). The highest BCUT2D eigenvalue weighted by Gasteiger charge is 2.27. The van der Waals surface area contributed by atoms with Gasteiger partial charge in [-0.25, -0.2) is 5.48 Å². The molecule has 2 atom stereocenters. The fraction of sp³-hybridized carbons (Fsp3) is 0.619. The number of thioether (sulfide) groups is 1. The summed E-state index contributed by atoms with van der Waals surface area (Å²) in [6.45, 7) is 5.80. The van der Waals surface area contributed by atoms with E-state index < -0.39 is 11.9 Å². The second-order valence-corrected chi connectivity index (χ2v) is 9.01. The summed E-state index contributed by atoms with van der Waals surface area (Å²) in [6, 6.07) is 6.50. The first-order chi connectivity index (χ1) is 14.6. The zero-order valence-corrected chi connectivity index (χ0v) is 18.2. The fourth-order valence-corrected chi connectivity index (χ4v) is 4.88. The van der Waals surface area contributed by atoms with E-state index in [-0.39, 0.29) is 18.6 Å². The number of hydroxylamine groups is 1. The van der Waals surface area contributed by atoms with Crippen LogP contribution in [0.3, 0.4) is 0 Å². The van der Waals surface area contributed by atoms with Crippen molar-refractivity contribution in [1.82, 2.24) is 21.0 Å². The lowest BCUT2D eigenvalue weighted by molar-refractivity contribution is -0.134. The third-order valence-electron chi connectivity index (χ3n) is 5.84. The predicted molar refractivity (Wildman–Crippen MR) is 117 cm³/mol. The minimum Gasteiger partial charge on any atom is -0.490 e. The molecular weight excluding hydrogens is 404 g/mol. The van der Waals surface area contributed by atoms with E-state index in [9.17, 15) is 9.59 Å². The van der Waals surface area contributed by atoms with Crippen LogP contribution in [0.1, 0.15) is 30.1 Å². The molecule has 9 heteroatoms. The molecule has 2 unspecified atom stereocenters. The Labute approximate surface area is 182 Å². The van der Waals surface area contributed by atoms with Gasteiger partial charge in [-0.15, -0.1) is 0 Å². The Kier molecular flexibility index (Phi) is 8.80. The van der Waals surface area contributed by atoms with Crippen LogP contribution in [0.25, 0.3) is 0 Å². The standard InChI is InChI=1S/C21H32N4O4S/c1-15(16-6-8-22-9-7-16)29-18-4-2-17(3-5-18)20(26)23-14-19(21(27)24-28)25-10-12-30-13-11-25/h2-5,15-16,19,22,28H,6-14H2,1H3,(H,23,26)(H,24,27). The normalized spacial score (nSPS) is 20.2. The molecule has 2 heterocycles. The lowest BCUT2D eigenvalue weighted by Crippen LogP contribution is -2.54. The first kappa shape index (κ1) is 22.9. The maximum absolute atomic E-state index is 12.5. The molecule has 0 saturated carbocycles. The quantitative estimate of drug-likeness (QED) is 0.358. The zero-order chi connectivity index (χ0) is 21.3. The number of hydrogen-bond donors (Lipinski definition) is 4. The number of nitrogens with zero attached hydrogens (tertiary/aromatic N) is 1. The van der Waals surface area contributed by atoms with Gasteiger partial charge >= 0.3 is 0 Å². The van der Waals surface area contributed by atoms with Gasteiger partial charge in [-0.3, -0.25) is 19.7 Å². The molecule has 2 aliphatic rings. The van der Waals surface area contributed by atoms with Crippen molar-refractivity contribution in [3.8, 4) is 5.75 Å². The molecule has 0 aliphatic carbocycles. The summed E-state index contributed by atoms with van der Waals surface area (Å²) in [4.78, 5) is 26.6. The van der Waals surface area contributed by atoms with Gasteiger partial charge in [-0.05, 0) is 63.0 Å². The van der Waals surface area contributed by atoms with Crippen molar-refractivity contribution in [2.45, 2.75) is 31.9 Å². The van der Waals surface area contributed by atoms with Crippen LogP contribution in [-0.4, -0.2) is 78.3 Å². The molecule has 0 radical (unpaired) electrons. The van der Waals surface area contributed by atoms with Crippen molar-refractivity contribution in [1.29, 1.82) is 0 Å². The molecule has 4 N–H and O–H groups in total. The second-order valence-electron chi connectivity index (χ2n) is 7.78. The van der Waals surface area contributed by atoms with Crippen LogP contribution in [-0.2, 0) is 4.79 Å². The lowest BCUT2D eigenvalue weighted by atomic mass is 9.93. The first-order valence-corrected chi connectivity index (χ1v) is 11.8. The predicted octanol–water partition coefficient (Wildman–Crippen LogP) is 1.11. The van der Waals surface area contributed by atoms with Gasteiger partial charge in [0.2, 0.25) is 0 Å². The van der Waals surface area contributed by atoms with E-state index in [0.717, 1.165) is 56.3 Å². The summed E-state index contributed by atoms with van der Waals surface area (Å²) >= 11 is 1.83. The molecule has 0 spiro atoms. The van der Waals surface area contributed by atoms with E-state index in [1.54, 1.807) is 17.6 Å². The van der Waals surface area contributed by atoms with Crippen molar-refractivity contribution in [2.24, 2.45) is 5.92 Å². The molecule has 0 aromatic heterocycles. The lowest BCUT2D eigenvalue weighted by Gasteiger charge is -2.32. The molecule has 8 nitrogen and oxygen atoms in total. The molecule has 2 fully saturated rings. The summed E-state index contributed by atoms with van der Waals surface area (Å²) in [6.07, 6.45) is 2.35. The number of carbonyl (C=O) groups is 2. The minimum absolute atomic E-state index is 0.132. The van der Waals surface area contributed by atoms with Gasteiger partial charge in [-0.1, -0.05) is 0 Å². The number of rotatable bonds is 8. The molecule has 2 saturated heterocycles. The molecule has 30 heavy (non-hydrogen) atoms. The summed E-state index contributed by atoms with van der Waals surface area (Å²) in [5.74, 6) is 2.40. The van der Waals surface area contributed by atoms with Gasteiger partial charge in [0, 0.05) is 36.7 Å². The second kappa shape index (κ2) is 11.5. The van der Waals surface area contributed by atoms with E-state index >= 15 is 0 Å². The topological polar surface area (TPSA) is 103 Å². The average Bonchev–Trinajstić information content (AvgIpc) is 2.80. The summed E-state index contributed by atoms with van der Waals surface area (Å²) in [7, 11) is 0. The van der Waals surface area contributed by atoms with Crippen molar-refractivity contribution in [3.05, 3.63) is 29.8 Å². The van der Waals surface area contributed by atoms with E-state index in [4.69, 9.17) is 9.94 Å². The van der Waals surface area contributed by atoms with Gasteiger partial charge < -0.3 is 15.4 Å². The summed E-state index contributed by atoms with van der Waals surface area (Å²) in [5.41, 5.74) is 2.23. The van der Waals surface area contributed by atoms with E-state index in [0.29, 0.717) is 11.5 Å². The molecular formula is C21H32N4O4S. The van der Waals surface area contributed by atoms with E-state index in [2.05, 4.69) is 17.6 Å². The van der Waals surface area contributed by atoms with Crippen molar-refractivity contribution < 1.29 is 19.5 Å². The van der Waals surface area contributed by atoms with Gasteiger partial charge in [0.1, 0.15) is 11.8 Å². The van der Waals surface area contributed by atoms with Crippen LogP contribution in [0.4, 0.5) is 0 Å². The van der Waals surface area contributed by atoms with Crippen LogP contribution >= 0.6 is 11.8 Å². The number of piperidine rings is 1. The summed E-state index contributed by atoms with van der Waals surface area (Å²) < 4.78 is 6.06. The maximum atomic E-state index is 12.5. The van der Waals surface area contributed by atoms with E-state index in [1.165, 1.54) is 0 Å². The molecule has 2 amide bonds. The summed E-state index contributed by atoms with van der Waals surface area (Å²) in [5, 5.41) is 15.2. The van der Waals surface area contributed by atoms with Crippen LogP contribution in [0.2, 0.25) is 0 Å². The highest BCUT2D eigenvalue weighted by Crippen LogP contribution is 2.22. The molecule has 1 aromatic carbocycles. The van der Waals surface area contributed by atoms with Crippen LogP contribution < -0.4 is 20.9 Å². The van der Waals surface area contributed by atoms with Gasteiger partial charge in [0.05, 0.1) is 6.10 Å². The number of carbonyl (C=O) groups excluding carboxylic acids is 2. The van der Waals surface area contributed by atoms with Crippen LogP contribution in [0.5, 0.6) is 5.75 Å². The fourth-order valence-electron chi connectivity index (χ4n) is 3.95. The smallest absolute Gasteiger partial charge is 0.262 e. The van der Waals surface area contributed by atoms with E-state index in [1.807, 2.05) is 28.8 Å². The molecule has 1 aromatic rings. The minimum atomic E-state index is -0.590. The number of hydrogen-bond acceptors (Lipinski definition) is 7. The SMILES string of the molecule is CC(Oc1ccc(C(=O)NCC(C(=O)NO)N2CCSCC2)cc1)C1CCNCC1. The Morgan fingerprint density at radius 3 is 2.53 bits per heavy atom. The number of amides is 2. The Hall–Kier alpha value is -1.81. The molecule has 0 bridgehead atoms. The van der Waals surface area contributed by atoms with Gasteiger partial charge in [0.15, 0.2) is 0 Å². The molecule has 2 aliphatic heterocycles. The third kappa shape index (κ3) is 6.34. The van der Waals surface area contributed by atoms with Gasteiger partial charge in [0.25, 0.3) is 11.8 Å². The number of benzene rings is 1. The first-order valence-electron chi connectivity index (χ1n) is 10.6. The Balaban J connectivity index is 1.52. The third-order valence-corrected chi connectivity index (χ3v) is 6.78. The van der Waals surface area contributed by atoms with Crippen LogP contribution in [0.15, 0.2) is 24.3 Å². The number of ether oxygens (including phenoxy) is 1. The number of nitrogens with one attached hydrogen (secondary N) is 3. The highest BCUT2D eigenvalue weighted by molar-refractivity contribution is 7.99. The van der Waals surface area contributed by atoms with Crippen LogP contribution in [0, 0.1) is 5.92 Å². The van der Waals surface area contributed by atoms with Crippen molar-refractivity contribution in [2.75, 3.05) is 44.2 Å². The molecule has 166 valence electrons. The average molecular weight is 437 g/mol. The zero-order valence-electron chi connectivity index (χ0n) is 17.4. The van der Waals surface area contributed by atoms with Gasteiger partial charge in [-0.2, -0.15) is 11.8 Å².